The number of aromatic nitrogens is 1. The number of rotatable bonds is 7. The quantitative estimate of drug-likeness (QED) is 0.575. The third-order valence-electron chi connectivity index (χ3n) is 4.65. The minimum atomic E-state index is 0.512. The van der Waals surface area contributed by atoms with E-state index < -0.39 is 0 Å². The van der Waals surface area contributed by atoms with Crippen molar-refractivity contribution in [2.24, 2.45) is 4.99 Å². The first-order valence-corrected chi connectivity index (χ1v) is 10.6. The minimum absolute atomic E-state index is 0.512. The predicted octanol–water partition coefficient (Wildman–Crippen LogP) is 3.24. The Hall–Kier alpha value is -1.14. The lowest BCUT2D eigenvalue weighted by atomic mass is 10.0. The Kier molecular flexibility index (Phi) is 8.16. The lowest BCUT2D eigenvalue weighted by molar-refractivity contribution is 0.167. The average molecular weight is 366 g/mol. The molecule has 1 aliphatic rings. The number of aliphatic imine (C=N–C) groups is 1. The third kappa shape index (κ3) is 6.59. The number of thiazole rings is 1. The van der Waals surface area contributed by atoms with Crippen LogP contribution in [-0.4, -0.2) is 54.1 Å². The van der Waals surface area contributed by atoms with Gasteiger partial charge in [0.15, 0.2) is 5.96 Å². The Bertz CT molecular complexity index is 530. The number of piperidine rings is 1. The highest BCUT2D eigenvalue weighted by Crippen LogP contribution is 2.19. The number of nitrogens with one attached hydrogen (secondary N) is 2. The van der Waals surface area contributed by atoms with Crippen LogP contribution in [0.3, 0.4) is 0 Å². The molecule has 2 rings (SSSR count). The van der Waals surface area contributed by atoms with Crippen LogP contribution in [0.25, 0.3) is 0 Å². The summed E-state index contributed by atoms with van der Waals surface area (Å²) in [6.45, 7) is 15.1. The van der Waals surface area contributed by atoms with Gasteiger partial charge in [-0.25, -0.2) is 4.98 Å². The van der Waals surface area contributed by atoms with Gasteiger partial charge in [0.2, 0.25) is 0 Å². The molecule has 0 unspecified atom stereocenters. The van der Waals surface area contributed by atoms with Crippen molar-refractivity contribution < 1.29 is 0 Å². The van der Waals surface area contributed by atoms with Crippen molar-refractivity contribution in [1.29, 1.82) is 0 Å². The first-order valence-electron chi connectivity index (χ1n) is 9.72. The summed E-state index contributed by atoms with van der Waals surface area (Å²) in [4.78, 5) is 12.0. The van der Waals surface area contributed by atoms with Gasteiger partial charge >= 0.3 is 0 Å². The van der Waals surface area contributed by atoms with Crippen molar-refractivity contribution in [3.63, 3.8) is 0 Å². The second-order valence-corrected chi connectivity index (χ2v) is 8.28. The Morgan fingerprint density at radius 2 is 2.04 bits per heavy atom. The van der Waals surface area contributed by atoms with E-state index in [4.69, 9.17) is 9.98 Å². The van der Waals surface area contributed by atoms with E-state index in [0.29, 0.717) is 18.0 Å². The molecule has 1 aromatic rings. The summed E-state index contributed by atoms with van der Waals surface area (Å²) in [5.41, 5.74) is 1.17. The molecule has 0 aromatic carbocycles. The molecule has 1 aliphatic heterocycles. The number of nitrogens with zero attached hydrogens (tertiary/aromatic N) is 3. The van der Waals surface area contributed by atoms with Crippen molar-refractivity contribution in [3.8, 4) is 0 Å². The van der Waals surface area contributed by atoms with E-state index in [9.17, 15) is 0 Å². The minimum Gasteiger partial charge on any atom is -0.357 e. The second-order valence-electron chi connectivity index (χ2n) is 7.39. The Labute approximate surface area is 157 Å². The molecule has 0 aliphatic carbocycles. The van der Waals surface area contributed by atoms with E-state index in [2.05, 4.69) is 55.5 Å². The van der Waals surface area contributed by atoms with Gasteiger partial charge in [-0.1, -0.05) is 13.8 Å². The zero-order chi connectivity index (χ0) is 18.2. The number of guanidine groups is 1. The van der Waals surface area contributed by atoms with Crippen LogP contribution in [0.4, 0.5) is 0 Å². The molecule has 142 valence electrons. The summed E-state index contributed by atoms with van der Waals surface area (Å²) in [5, 5.41) is 10.4. The fourth-order valence-electron chi connectivity index (χ4n) is 3.06. The van der Waals surface area contributed by atoms with Gasteiger partial charge in [-0.3, -0.25) is 4.99 Å². The Balaban J connectivity index is 1.81. The van der Waals surface area contributed by atoms with Crippen molar-refractivity contribution >= 4 is 17.3 Å². The molecule has 5 nitrogen and oxygen atoms in total. The Morgan fingerprint density at radius 3 is 2.60 bits per heavy atom. The van der Waals surface area contributed by atoms with E-state index in [0.717, 1.165) is 25.5 Å². The molecular weight excluding hydrogens is 330 g/mol. The van der Waals surface area contributed by atoms with E-state index in [1.165, 1.54) is 36.6 Å². The molecule has 25 heavy (non-hydrogen) atoms. The molecule has 2 heterocycles. The number of hydrogen-bond donors (Lipinski definition) is 2. The highest BCUT2D eigenvalue weighted by Gasteiger charge is 2.21. The number of likely N-dealkylation sites (tertiary alicyclic amines) is 1. The van der Waals surface area contributed by atoms with Crippen LogP contribution in [0.1, 0.15) is 64.1 Å². The van der Waals surface area contributed by atoms with Crippen molar-refractivity contribution in [2.75, 3.05) is 26.2 Å². The van der Waals surface area contributed by atoms with Crippen LogP contribution in [0, 0.1) is 0 Å². The largest absolute Gasteiger partial charge is 0.357 e. The molecule has 0 bridgehead atoms. The van der Waals surface area contributed by atoms with E-state index in [1.807, 2.05) is 0 Å². The lowest BCUT2D eigenvalue weighted by Crippen LogP contribution is -2.49. The summed E-state index contributed by atoms with van der Waals surface area (Å²) < 4.78 is 0. The first-order chi connectivity index (χ1) is 12.0. The fraction of sp³-hybridized carbons (Fsp3) is 0.789. The van der Waals surface area contributed by atoms with Gasteiger partial charge < -0.3 is 15.5 Å². The van der Waals surface area contributed by atoms with Gasteiger partial charge in [0, 0.05) is 56.0 Å². The summed E-state index contributed by atoms with van der Waals surface area (Å²) in [6.07, 6.45) is 3.28. The highest BCUT2D eigenvalue weighted by molar-refractivity contribution is 7.09. The van der Waals surface area contributed by atoms with Crippen molar-refractivity contribution in [2.45, 2.75) is 71.9 Å². The summed E-state index contributed by atoms with van der Waals surface area (Å²) in [7, 11) is 0. The molecule has 6 heteroatoms. The van der Waals surface area contributed by atoms with Gasteiger partial charge in [-0.2, -0.15) is 0 Å². The van der Waals surface area contributed by atoms with Crippen LogP contribution < -0.4 is 10.6 Å². The standard InChI is InChI=1S/C19H35N5S/c1-6-20-19(23-16-8-11-24(12-9-16)15(4)5)21-10-7-17-13-25-18(22-17)14(2)3/h13-16H,6-12H2,1-5H3,(H2,20,21,23). The smallest absolute Gasteiger partial charge is 0.191 e. The van der Waals surface area contributed by atoms with E-state index >= 15 is 0 Å². The molecule has 0 amide bonds. The van der Waals surface area contributed by atoms with Crippen LogP contribution in [0.15, 0.2) is 10.4 Å². The molecule has 0 atom stereocenters. The molecule has 1 aromatic heterocycles. The Morgan fingerprint density at radius 1 is 1.32 bits per heavy atom. The van der Waals surface area contributed by atoms with Gasteiger partial charge in [-0.05, 0) is 33.6 Å². The molecule has 0 radical (unpaired) electrons. The van der Waals surface area contributed by atoms with Crippen LogP contribution >= 0.6 is 11.3 Å². The predicted molar refractivity (Wildman–Crippen MR) is 109 cm³/mol. The lowest BCUT2D eigenvalue weighted by Gasteiger charge is -2.35. The van der Waals surface area contributed by atoms with E-state index in [1.54, 1.807) is 11.3 Å². The van der Waals surface area contributed by atoms with E-state index in [-0.39, 0.29) is 0 Å². The molecule has 2 N–H and O–H groups in total. The maximum absolute atomic E-state index is 4.76. The normalized spacial score (nSPS) is 17.5. The first kappa shape index (κ1) is 20.2. The molecule has 1 saturated heterocycles. The van der Waals surface area contributed by atoms with Crippen LogP contribution in [-0.2, 0) is 6.42 Å². The number of hydrogen-bond acceptors (Lipinski definition) is 4. The van der Waals surface area contributed by atoms with Gasteiger partial charge in [0.1, 0.15) is 0 Å². The van der Waals surface area contributed by atoms with Gasteiger partial charge in [0.05, 0.1) is 10.7 Å². The maximum Gasteiger partial charge on any atom is 0.191 e. The zero-order valence-electron chi connectivity index (χ0n) is 16.5. The summed E-state index contributed by atoms with van der Waals surface area (Å²) in [5.74, 6) is 1.46. The topological polar surface area (TPSA) is 52.6 Å². The SMILES string of the molecule is CCNC(=NCCc1csc(C(C)C)n1)NC1CCN(C(C)C)CC1. The third-order valence-corrected chi connectivity index (χ3v) is 5.84. The summed E-state index contributed by atoms with van der Waals surface area (Å²) in [6, 6.07) is 1.18. The molecule has 0 saturated carbocycles. The van der Waals surface area contributed by atoms with Crippen molar-refractivity contribution in [1.82, 2.24) is 20.5 Å². The zero-order valence-corrected chi connectivity index (χ0v) is 17.3. The molecular formula is C19H35N5S. The second kappa shape index (κ2) is 10.1. The fourth-order valence-corrected chi connectivity index (χ4v) is 3.93. The highest BCUT2D eigenvalue weighted by atomic mass is 32.1. The van der Waals surface area contributed by atoms with Gasteiger partial charge in [0.25, 0.3) is 0 Å². The monoisotopic (exact) mass is 365 g/mol. The summed E-state index contributed by atoms with van der Waals surface area (Å²) >= 11 is 1.76. The molecule has 0 spiro atoms. The van der Waals surface area contributed by atoms with Crippen molar-refractivity contribution in [3.05, 3.63) is 16.1 Å². The maximum atomic E-state index is 4.76. The van der Waals surface area contributed by atoms with Gasteiger partial charge in [-0.15, -0.1) is 11.3 Å². The van der Waals surface area contributed by atoms with Crippen LogP contribution in [0.2, 0.25) is 0 Å². The average Bonchev–Trinajstić information content (AvgIpc) is 3.05. The van der Waals surface area contributed by atoms with Crippen LogP contribution in [0.5, 0.6) is 0 Å². The molecule has 1 fully saturated rings.